The van der Waals surface area contributed by atoms with E-state index in [1.807, 2.05) is 29.8 Å². The second kappa shape index (κ2) is 12.1. The Bertz CT molecular complexity index is 999. The summed E-state index contributed by atoms with van der Waals surface area (Å²) in [4.78, 5) is 4.25. The molecule has 33 heavy (non-hydrogen) atoms. The van der Waals surface area contributed by atoms with E-state index in [-0.39, 0.29) is 5.41 Å². The number of rotatable bonds is 11. The summed E-state index contributed by atoms with van der Waals surface area (Å²) in [6.07, 6.45) is 11.6. The Morgan fingerprint density at radius 2 is 1.91 bits per heavy atom. The van der Waals surface area contributed by atoms with Gasteiger partial charge in [-0.15, -0.1) is 24.2 Å². The first-order chi connectivity index (χ1) is 15.7. The quantitative estimate of drug-likeness (QED) is 0.281. The van der Waals surface area contributed by atoms with Crippen LogP contribution >= 0.6 is 31.9 Å². The molecule has 2 atom stereocenters. The van der Waals surface area contributed by atoms with Crippen LogP contribution in [0.15, 0.2) is 39.8 Å². The van der Waals surface area contributed by atoms with Crippen LogP contribution in [-0.2, 0) is 10.3 Å². The maximum Gasteiger partial charge on any atom is 0.137 e. The van der Waals surface area contributed by atoms with Gasteiger partial charge in [-0.1, -0.05) is 43.6 Å². The molecule has 2 rings (SSSR count). The van der Waals surface area contributed by atoms with Gasteiger partial charge < -0.3 is 9.47 Å². The van der Waals surface area contributed by atoms with Crippen LogP contribution in [0.4, 0.5) is 0 Å². The summed E-state index contributed by atoms with van der Waals surface area (Å²) in [5, 5.41) is 4.57. The van der Waals surface area contributed by atoms with Gasteiger partial charge in [0, 0.05) is 30.3 Å². The molecule has 0 saturated carbocycles. The minimum absolute atomic E-state index is 0.312. The second-order valence-electron chi connectivity index (χ2n) is 8.95. The Morgan fingerprint density at radius 3 is 2.45 bits per heavy atom. The molecule has 2 unspecified atom stereocenters. The molecule has 0 fully saturated rings. The van der Waals surface area contributed by atoms with Gasteiger partial charge in [0.1, 0.15) is 29.5 Å². The molecule has 1 aromatic carbocycles. The van der Waals surface area contributed by atoms with Crippen molar-refractivity contribution in [2.45, 2.75) is 71.4 Å². The van der Waals surface area contributed by atoms with Gasteiger partial charge in [-0.2, -0.15) is 5.10 Å². The molecule has 1 aromatic heterocycles. The van der Waals surface area contributed by atoms with Crippen molar-refractivity contribution < 1.29 is 9.47 Å². The van der Waals surface area contributed by atoms with E-state index in [0.717, 1.165) is 21.1 Å². The van der Waals surface area contributed by atoms with Gasteiger partial charge in [0.25, 0.3) is 0 Å². The summed E-state index contributed by atoms with van der Waals surface area (Å²) in [6.45, 7) is 11.5. The van der Waals surface area contributed by atoms with E-state index < -0.39 is 11.1 Å². The predicted octanol–water partition coefficient (Wildman–Crippen LogP) is 6.62. The topological polar surface area (TPSA) is 49.2 Å². The highest BCUT2D eigenvalue weighted by atomic mass is 79.9. The van der Waals surface area contributed by atoms with Crippen LogP contribution in [0.2, 0.25) is 0 Å². The standard InChI is InChI=1S/C26H33Br2N3O2/c1-7-10-14-26(24(4,5)6,33-16-9-3)25(13-8-2,31-20-29-19-30-31)15-17-32-23-12-11-21(27)18-22(23)28/h2,11-12,18-20H,9,13-17H2,1,3-6H3. The molecule has 2 aromatic rings. The van der Waals surface area contributed by atoms with Crippen LogP contribution in [0.1, 0.15) is 60.3 Å². The fraction of sp³-hybridized carbons (Fsp3) is 0.538. The van der Waals surface area contributed by atoms with Crippen LogP contribution < -0.4 is 4.74 Å². The number of ether oxygens (including phenoxy) is 2. The highest BCUT2D eigenvalue weighted by Gasteiger charge is 2.60. The minimum atomic E-state index is -0.737. The maximum atomic E-state index is 6.77. The van der Waals surface area contributed by atoms with Gasteiger partial charge >= 0.3 is 0 Å². The molecular weight excluding hydrogens is 546 g/mol. The molecule has 0 bridgehead atoms. The van der Waals surface area contributed by atoms with Crippen molar-refractivity contribution in [1.82, 2.24) is 14.8 Å². The molecule has 0 spiro atoms. The van der Waals surface area contributed by atoms with E-state index in [1.54, 1.807) is 6.33 Å². The molecule has 5 nitrogen and oxygen atoms in total. The summed E-state index contributed by atoms with van der Waals surface area (Å²) < 4.78 is 16.7. The molecule has 0 saturated heterocycles. The van der Waals surface area contributed by atoms with Crippen LogP contribution in [0.25, 0.3) is 0 Å². The Labute approximate surface area is 215 Å². The third-order valence-corrected chi connectivity index (χ3v) is 7.06. The fourth-order valence-electron chi connectivity index (χ4n) is 4.35. The van der Waals surface area contributed by atoms with E-state index in [4.69, 9.17) is 15.9 Å². The molecule has 0 aliphatic rings. The van der Waals surface area contributed by atoms with Gasteiger partial charge in [-0.05, 0) is 52.9 Å². The minimum Gasteiger partial charge on any atom is -0.492 e. The van der Waals surface area contributed by atoms with Crippen molar-refractivity contribution in [3.63, 3.8) is 0 Å². The highest BCUT2D eigenvalue weighted by molar-refractivity contribution is 9.11. The Hall–Kier alpha value is -1.80. The summed E-state index contributed by atoms with van der Waals surface area (Å²) >= 11 is 7.06. The van der Waals surface area contributed by atoms with Crippen molar-refractivity contribution >= 4 is 31.9 Å². The molecule has 0 aliphatic carbocycles. The summed E-state index contributed by atoms with van der Waals surface area (Å²) in [7, 11) is 0. The first-order valence-corrected chi connectivity index (χ1v) is 12.7. The predicted molar refractivity (Wildman–Crippen MR) is 140 cm³/mol. The third kappa shape index (κ3) is 6.01. The molecule has 0 amide bonds. The van der Waals surface area contributed by atoms with E-state index >= 15 is 0 Å². The van der Waals surface area contributed by atoms with E-state index in [0.29, 0.717) is 32.5 Å². The van der Waals surface area contributed by atoms with E-state index in [9.17, 15) is 0 Å². The van der Waals surface area contributed by atoms with Crippen molar-refractivity contribution in [3.8, 4) is 29.9 Å². The molecule has 0 radical (unpaired) electrons. The van der Waals surface area contributed by atoms with Crippen molar-refractivity contribution in [3.05, 3.63) is 39.8 Å². The number of aromatic nitrogens is 3. The molecular formula is C26H33Br2N3O2. The number of terminal acetylenes is 1. The lowest BCUT2D eigenvalue weighted by molar-refractivity contribution is -0.193. The maximum absolute atomic E-state index is 6.77. The third-order valence-electron chi connectivity index (χ3n) is 5.95. The van der Waals surface area contributed by atoms with Crippen molar-refractivity contribution in [2.75, 3.05) is 13.2 Å². The molecule has 7 heteroatoms. The zero-order chi connectivity index (χ0) is 24.5. The fourth-order valence-corrected chi connectivity index (χ4v) is 5.51. The molecule has 0 aliphatic heterocycles. The number of hydrogen-bond donors (Lipinski definition) is 0. The SMILES string of the molecule is C#CCC(CCOc1ccc(Br)cc1Br)(n1cncn1)C(CC#CC)(OCCC)C(C)(C)C. The zero-order valence-electron chi connectivity index (χ0n) is 20.1. The molecule has 1 heterocycles. The van der Waals surface area contributed by atoms with Gasteiger partial charge in [0.05, 0.1) is 11.1 Å². The highest BCUT2D eigenvalue weighted by Crippen LogP contribution is 2.52. The second-order valence-corrected chi connectivity index (χ2v) is 10.7. The van der Waals surface area contributed by atoms with Gasteiger partial charge in [0.2, 0.25) is 0 Å². The molecule has 0 N–H and O–H groups in total. The lowest BCUT2D eigenvalue weighted by Crippen LogP contribution is -2.64. The monoisotopic (exact) mass is 577 g/mol. The largest absolute Gasteiger partial charge is 0.492 e. The van der Waals surface area contributed by atoms with E-state index in [2.05, 4.69) is 87.4 Å². The molecule has 178 valence electrons. The zero-order valence-corrected chi connectivity index (χ0v) is 23.3. The Kier molecular flexibility index (Phi) is 10.0. The van der Waals surface area contributed by atoms with Gasteiger partial charge in [0.15, 0.2) is 0 Å². The summed E-state index contributed by atoms with van der Waals surface area (Å²) in [5.74, 6) is 10.0. The average molecular weight is 579 g/mol. The van der Waals surface area contributed by atoms with Gasteiger partial charge in [-0.25, -0.2) is 9.67 Å². The number of nitrogens with zero attached hydrogens (tertiary/aromatic N) is 3. The van der Waals surface area contributed by atoms with Crippen molar-refractivity contribution in [1.29, 1.82) is 0 Å². The van der Waals surface area contributed by atoms with Crippen LogP contribution in [-0.4, -0.2) is 33.6 Å². The smallest absolute Gasteiger partial charge is 0.137 e. The normalized spacial score (nSPS) is 15.0. The van der Waals surface area contributed by atoms with E-state index in [1.165, 1.54) is 6.33 Å². The lowest BCUT2D eigenvalue weighted by Gasteiger charge is -2.55. The van der Waals surface area contributed by atoms with Crippen LogP contribution in [0, 0.1) is 29.6 Å². The Balaban J connectivity index is 2.61. The first kappa shape index (κ1) is 27.4. The summed E-state index contributed by atoms with van der Waals surface area (Å²) in [5.41, 5.74) is -1.77. The van der Waals surface area contributed by atoms with Gasteiger partial charge in [-0.3, -0.25) is 0 Å². The van der Waals surface area contributed by atoms with Crippen LogP contribution in [0.3, 0.4) is 0 Å². The number of halogens is 2. The summed E-state index contributed by atoms with van der Waals surface area (Å²) in [6, 6.07) is 5.84. The Morgan fingerprint density at radius 1 is 1.15 bits per heavy atom. The average Bonchev–Trinajstić information content (AvgIpc) is 3.29. The van der Waals surface area contributed by atoms with Crippen molar-refractivity contribution in [2.24, 2.45) is 5.41 Å². The lowest BCUT2D eigenvalue weighted by atomic mass is 9.60. The number of hydrogen-bond acceptors (Lipinski definition) is 4. The van der Waals surface area contributed by atoms with Crippen LogP contribution in [0.5, 0.6) is 5.75 Å². The first-order valence-electron chi connectivity index (χ1n) is 11.1. The number of benzene rings is 1.